The SMILES string of the molecule is CC(C)C(=O)NCC1CCCN(c2c(F)c(F)nc(F)c2F)C1. The molecule has 8 heteroatoms. The van der Waals surface area contributed by atoms with Crippen molar-refractivity contribution in [1.29, 1.82) is 0 Å². The van der Waals surface area contributed by atoms with E-state index in [0.29, 0.717) is 13.0 Å². The summed E-state index contributed by atoms with van der Waals surface area (Å²) in [4.78, 5) is 15.4. The zero-order valence-corrected chi connectivity index (χ0v) is 13.0. The number of nitrogens with one attached hydrogen (secondary N) is 1. The van der Waals surface area contributed by atoms with Gasteiger partial charge in [-0.05, 0) is 18.8 Å². The van der Waals surface area contributed by atoms with Crippen molar-refractivity contribution in [2.45, 2.75) is 26.7 Å². The van der Waals surface area contributed by atoms with Crippen molar-refractivity contribution in [3.8, 4) is 0 Å². The summed E-state index contributed by atoms with van der Waals surface area (Å²) in [5, 5.41) is 2.76. The highest BCUT2D eigenvalue weighted by molar-refractivity contribution is 5.77. The molecular weight excluding hydrogens is 314 g/mol. The molecule has 1 aromatic rings. The molecule has 1 saturated heterocycles. The van der Waals surface area contributed by atoms with Gasteiger partial charge in [-0.3, -0.25) is 4.79 Å². The predicted octanol–water partition coefficient (Wildman–Crippen LogP) is 2.63. The fraction of sp³-hybridized carbons (Fsp3) is 0.600. The highest BCUT2D eigenvalue weighted by atomic mass is 19.2. The third-order valence-electron chi connectivity index (χ3n) is 3.90. The molecule has 128 valence electrons. The Labute approximate surface area is 131 Å². The Hall–Kier alpha value is -1.86. The molecule has 0 bridgehead atoms. The number of rotatable bonds is 4. The standard InChI is InChI=1S/C15H19F4N3O/c1-8(2)15(23)20-6-9-4-3-5-22(7-9)12-10(16)13(18)21-14(19)11(12)17/h8-9H,3-7H2,1-2H3,(H,20,23). The van der Waals surface area contributed by atoms with Crippen LogP contribution in [0, 0.1) is 35.4 Å². The van der Waals surface area contributed by atoms with Crippen LogP contribution >= 0.6 is 0 Å². The number of carbonyl (C=O) groups excluding carboxylic acids is 1. The number of anilines is 1. The number of amides is 1. The molecule has 1 aromatic heterocycles. The summed E-state index contributed by atoms with van der Waals surface area (Å²) in [6, 6.07) is 0. The minimum absolute atomic E-state index is 0.0514. The molecule has 0 spiro atoms. The molecule has 2 heterocycles. The fourth-order valence-corrected chi connectivity index (χ4v) is 2.64. The van der Waals surface area contributed by atoms with Gasteiger partial charge in [0.25, 0.3) is 11.9 Å². The smallest absolute Gasteiger partial charge is 0.253 e. The van der Waals surface area contributed by atoms with Gasteiger partial charge in [-0.15, -0.1) is 0 Å². The third-order valence-corrected chi connectivity index (χ3v) is 3.90. The molecule has 2 rings (SSSR count). The quantitative estimate of drug-likeness (QED) is 0.681. The first-order valence-electron chi connectivity index (χ1n) is 7.54. The van der Waals surface area contributed by atoms with E-state index in [1.54, 1.807) is 13.8 Å². The van der Waals surface area contributed by atoms with Crippen molar-refractivity contribution in [1.82, 2.24) is 10.3 Å². The third kappa shape index (κ3) is 3.92. The minimum Gasteiger partial charge on any atom is -0.366 e. The van der Waals surface area contributed by atoms with Crippen LogP contribution in [-0.4, -0.2) is 30.5 Å². The van der Waals surface area contributed by atoms with Crippen molar-refractivity contribution in [3.63, 3.8) is 0 Å². The van der Waals surface area contributed by atoms with E-state index in [4.69, 9.17) is 0 Å². The van der Waals surface area contributed by atoms with Crippen LogP contribution in [0.3, 0.4) is 0 Å². The first kappa shape index (κ1) is 17.5. The van der Waals surface area contributed by atoms with Gasteiger partial charge in [0.05, 0.1) is 0 Å². The normalized spacial score (nSPS) is 18.4. The van der Waals surface area contributed by atoms with E-state index < -0.39 is 29.2 Å². The average molecular weight is 333 g/mol. The van der Waals surface area contributed by atoms with Crippen LogP contribution in [0.25, 0.3) is 0 Å². The summed E-state index contributed by atoms with van der Waals surface area (Å²) in [6.07, 6.45) is 1.36. The molecule has 1 unspecified atom stereocenters. The Morgan fingerprint density at radius 3 is 2.43 bits per heavy atom. The van der Waals surface area contributed by atoms with Gasteiger partial charge < -0.3 is 10.2 Å². The number of hydrogen-bond donors (Lipinski definition) is 1. The van der Waals surface area contributed by atoms with E-state index in [1.807, 2.05) is 0 Å². The minimum atomic E-state index is -1.66. The van der Waals surface area contributed by atoms with Crippen molar-refractivity contribution in [2.75, 3.05) is 24.5 Å². The van der Waals surface area contributed by atoms with Crippen LogP contribution in [0.5, 0.6) is 0 Å². The van der Waals surface area contributed by atoms with Crippen molar-refractivity contribution in [2.24, 2.45) is 11.8 Å². The molecule has 1 amide bonds. The monoisotopic (exact) mass is 333 g/mol. The molecule has 1 fully saturated rings. The average Bonchev–Trinajstić information content (AvgIpc) is 2.51. The molecule has 0 aliphatic carbocycles. The Morgan fingerprint density at radius 1 is 1.26 bits per heavy atom. The van der Waals surface area contributed by atoms with Gasteiger partial charge in [0.2, 0.25) is 17.5 Å². The summed E-state index contributed by atoms with van der Waals surface area (Å²) < 4.78 is 54.1. The first-order valence-corrected chi connectivity index (χ1v) is 7.54. The molecule has 0 aromatic carbocycles. The van der Waals surface area contributed by atoms with E-state index in [0.717, 1.165) is 6.42 Å². The lowest BCUT2D eigenvalue weighted by molar-refractivity contribution is -0.124. The highest BCUT2D eigenvalue weighted by Gasteiger charge is 2.29. The summed E-state index contributed by atoms with van der Waals surface area (Å²) in [5.41, 5.74) is -0.727. The van der Waals surface area contributed by atoms with Gasteiger partial charge in [0.15, 0.2) is 0 Å². The molecule has 0 radical (unpaired) electrons. The van der Waals surface area contributed by atoms with Crippen molar-refractivity contribution < 1.29 is 22.4 Å². The number of hydrogen-bond acceptors (Lipinski definition) is 3. The second kappa shape index (κ2) is 7.14. The molecular formula is C15H19F4N3O. The van der Waals surface area contributed by atoms with Gasteiger partial charge in [-0.1, -0.05) is 13.8 Å². The Bertz CT molecular complexity index is 568. The largest absolute Gasteiger partial charge is 0.366 e. The maximum atomic E-state index is 13.8. The molecule has 1 atom stereocenters. The number of nitrogens with zero attached hydrogens (tertiary/aromatic N) is 2. The number of halogens is 4. The van der Waals surface area contributed by atoms with E-state index in [-0.39, 0.29) is 30.8 Å². The van der Waals surface area contributed by atoms with Crippen LogP contribution in [0.1, 0.15) is 26.7 Å². The maximum absolute atomic E-state index is 13.8. The highest BCUT2D eigenvalue weighted by Crippen LogP contribution is 2.30. The topological polar surface area (TPSA) is 45.2 Å². The zero-order chi connectivity index (χ0) is 17.1. The van der Waals surface area contributed by atoms with Gasteiger partial charge in [-0.25, -0.2) is 0 Å². The summed E-state index contributed by atoms with van der Waals surface area (Å²) in [5.74, 6) is -6.62. The predicted molar refractivity (Wildman–Crippen MR) is 76.9 cm³/mol. The lowest BCUT2D eigenvalue weighted by Crippen LogP contribution is -2.42. The van der Waals surface area contributed by atoms with Crippen LogP contribution in [0.4, 0.5) is 23.2 Å². The van der Waals surface area contributed by atoms with E-state index >= 15 is 0 Å². The zero-order valence-electron chi connectivity index (χ0n) is 13.0. The number of piperidine rings is 1. The summed E-state index contributed by atoms with van der Waals surface area (Å²) >= 11 is 0. The molecule has 4 nitrogen and oxygen atoms in total. The van der Waals surface area contributed by atoms with Crippen LogP contribution < -0.4 is 10.2 Å². The number of pyridine rings is 1. The van der Waals surface area contributed by atoms with E-state index in [2.05, 4.69) is 10.3 Å². The van der Waals surface area contributed by atoms with E-state index in [1.165, 1.54) is 4.90 Å². The van der Waals surface area contributed by atoms with Gasteiger partial charge in [0.1, 0.15) is 5.69 Å². The second-order valence-electron chi connectivity index (χ2n) is 6.02. The van der Waals surface area contributed by atoms with Crippen LogP contribution in [-0.2, 0) is 4.79 Å². The lowest BCUT2D eigenvalue weighted by atomic mass is 9.97. The Kier molecular flexibility index (Phi) is 5.43. The molecule has 0 saturated carbocycles. The van der Waals surface area contributed by atoms with Gasteiger partial charge in [-0.2, -0.15) is 22.5 Å². The van der Waals surface area contributed by atoms with Gasteiger partial charge in [0, 0.05) is 25.6 Å². The maximum Gasteiger partial charge on any atom is 0.253 e. The first-order chi connectivity index (χ1) is 10.8. The molecule has 1 N–H and O–H groups in total. The number of carbonyl (C=O) groups is 1. The van der Waals surface area contributed by atoms with E-state index in [9.17, 15) is 22.4 Å². The Morgan fingerprint density at radius 2 is 1.87 bits per heavy atom. The number of aromatic nitrogens is 1. The molecule has 1 aliphatic heterocycles. The van der Waals surface area contributed by atoms with Crippen molar-refractivity contribution >= 4 is 11.6 Å². The lowest BCUT2D eigenvalue weighted by Gasteiger charge is -2.34. The Balaban J connectivity index is 2.11. The van der Waals surface area contributed by atoms with Crippen LogP contribution in [0.15, 0.2) is 0 Å². The van der Waals surface area contributed by atoms with Crippen molar-refractivity contribution in [3.05, 3.63) is 23.5 Å². The summed E-state index contributed by atoms with van der Waals surface area (Å²) in [6.45, 7) is 4.36. The summed E-state index contributed by atoms with van der Waals surface area (Å²) in [7, 11) is 0. The fourth-order valence-electron chi connectivity index (χ4n) is 2.64. The van der Waals surface area contributed by atoms with Crippen LogP contribution in [0.2, 0.25) is 0 Å². The molecule has 1 aliphatic rings. The van der Waals surface area contributed by atoms with Gasteiger partial charge >= 0.3 is 0 Å². The molecule has 23 heavy (non-hydrogen) atoms. The second-order valence-corrected chi connectivity index (χ2v) is 6.02.